The summed E-state index contributed by atoms with van der Waals surface area (Å²) in [6, 6.07) is 11.6. The number of imidazole rings is 1. The monoisotopic (exact) mass is 460 g/mol. The fraction of sp³-hybridized carbons (Fsp3) is 0.0952. The van der Waals surface area contributed by atoms with Crippen LogP contribution in [0.3, 0.4) is 0 Å². The van der Waals surface area contributed by atoms with Crippen LogP contribution in [-0.4, -0.2) is 27.4 Å². The number of anilines is 1. The molecular weight excluding hydrogens is 445 g/mol. The van der Waals surface area contributed by atoms with E-state index in [4.69, 9.17) is 4.33 Å². The average Bonchev–Trinajstić information content (AvgIpc) is 3.21. The Morgan fingerprint density at radius 3 is 2.41 bits per heavy atom. The summed E-state index contributed by atoms with van der Waals surface area (Å²) in [6.07, 6.45) is 0.00624. The molecule has 0 aliphatic heterocycles. The maximum Gasteiger partial charge on any atom is 0.416 e. The molecule has 2 aromatic heterocycles. The van der Waals surface area contributed by atoms with Gasteiger partial charge in [-0.2, -0.15) is 17.5 Å². The van der Waals surface area contributed by atoms with Crippen LogP contribution < -0.4 is 5.32 Å². The first kappa shape index (κ1) is 21.8. The van der Waals surface area contributed by atoms with E-state index in [1.165, 1.54) is 37.8 Å². The zero-order valence-electron chi connectivity index (χ0n) is 16.5. The summed E-state index contributed by atoms with van der Waals surface area (Å²) in [6.45, 7) is 0. The van der Waals surface area contributed by atoms with Crippen molar-refractivity contribution in [3.8, 4) is 11.3 Å². The molecule has 1 amide bonds. The van der Waals surface area contributed by atoms with Crippen LogP contribution in [0.2, 0.25) is 0 Å². The smallest absolute Gasteiger partial charge is 0.321 e. The normalized spacial score (nSPS) is 11.6. The van der Waals surface area contributed by atoms with Crippen molar-refractivity contribution >= 4 is 29.3 Å². The number of aromatic nitrogens is 3. The molecule has 0 saturated carbocycles. The standard InChI is InChI=1S/C21H15F3N4O3S/c1-30-31-32-16-8-6-15(7-9-16)27-20(29)17-12-28-18(10-26-19(28)11-25-17)13-2-4-14(5-3-13)21(22,23)24/h2-12H,1H3,(H,27,29). The van der Waals surface area contributed by atoms with E-state index in [9.17, 15) is 18.0 Å². The summed E-state index contributed by atoms with van der Waals surface area (Å²) in [4.78, 5) is 26.3. The van der Waals surface area contributed by atoms with Crippen molar-refractivity contribution in [1.29, 1.82) is 0 Å². The number of rotatable bonds is 6. The van der Waals surface area contributed by atoms with Gasteiger partial charge in [-0.15, -0.1) is 0 Å². The van der Waals surface area contributed by atoms with E-state index in [0.717, 1.165) is 29.1 Å². The quantitative estimate of drug-likeness (QED) is 0.241. The molecule has 0 unspecified atom stereocenters. The summed E-state index contributed by atoms with van der Waals surface area (Å²) >= 11 is 1.03. The highest BCUT2D eigenvalue weighted by Gasteiger charge is 2.30. The Labute approximate surface area is 184 Å². The summed E-state index contributed by atoms with van der Waals surface area (Å²) in [7, 11) is 1.40. The molecule has 0 radical (unpaired) electrons. The summed E-state index contributed by atoms with van der Waals surface area (Å²) in [5.41, 5.74) is 1.43. The maximum atomic E-state index is 12.8. The predicted molar refractivity (Wildman–Crippen MR) is 112 cm³/mol. The average molecular weight is 460 g/mol. The molecule has 7 nitrogen and oxygen atoms in total. The van der Waals surface area contributed by atoms with Crippen LogP contribution in [0.15, 0.2) is 72.0 Å². The molecule has 0 atom stereocenters. The number of benzene rings is 2. The molecule has 4 rings (SSSR count). The second-order valence-electron chi connectivity index (χ2n) is 6.52. The number of hydrogen-bond acceptors (Lipinski definition) is 6. The van der Waals surface area contributed by atoms with Crippen molar-refractivity contribution < 1.29 is 27.2 Å². The number of carbonyl (C=O) groups excluding carboxylic acids is 1. The van der Waals surface area contributed by atoms with Crippen LogP contribution in [0.25, 0.3) is 16.9 Å². The van der Waals surface area contributed by atoms with E-state index in [2.05, 4.69) is 20.2 Å². The predicted octanol–water partition coefficient (Wildman–Crippen LogP) is 5.25. The Balaban J connectivity index is 1.56. The number of amides is 1. The Kier molecular flexibility index (Phi) is 6.12. The molecule has 0 aliphatic rings. The first-order valence-electron chi connectivity index (χ1n) is 9.14. The third-order valence-corrected chi connectivity index (χ3v) is 5.12. The van der Waals surface area contributed by atoms with E-state index >= 15 is 0 Å². The largest absolute Gasteiger partial charge is 0.416 e. The third kappa shape index (κ3) is 4.74. The minimum Gasteiger partial charge on any atom is -0.321 e. The van der Waals surface area contributed by atoms with Gasteiger partial charge in [0.15, 0.2) is 5.65 Å². The van der Waals surface area contributed by atoms with Gasteiger partial charge in [0.2, 0.25) is 0 Å². The molecule has 32 heavy (non-hydrogen) atoms. The van der Waals surface area contributed by atoms with Crippen LogP contribution in [-0.2, 0) is 15.4 Å². The highest BCUT2D eigenvalue weighted by molar-refractivity contribution is 7.94. The van der Waals surface area contributed by atoms with Crippen molar-refractivity contribution in [3.63, 3.8) is 0 Å². The second kappa shape index (κ2) is 8.99. The van der Waals surface area contributed by atoms with Crippen molar-refractivity contribution in [2.45, 2.75) is 11.1 Å². The molecule has 0 fully saturated rings. The summed E-state index contributed by atoms with van der Waals surface area (Å²) in [5.74, 6) is -0.451. The zero-order valence-corrected chi connectivity index (χ0v) is 17.3. The molecule has 4 aromatic rings. The molecule has 1 N–H and O–H groups in total. The first-order valence-corrected chi connectivity index (χ1v) is 9.89. The van der Waals surface area contributed by atoms with E-state index in [-0.39, 0.29) is 5.69 Å². The van der Waals surface area contributed by atoms with Gasteiger partial charge in [-0.1, -0.05) is 12.1 Å². The van der Waals surface area contributed by atoms with Crippen molar-refractivity contribution in [1.82, 2.24) is 14.4 Å². The summed E-state index contributed by atoms with van der Waals surface area (Å²) in [5, 5.41) is 2.74. The van der Waals surface area contributed by atoms with E-state index in [0.29, 0.717) is 22.6 Å². The van der Waals surface area contributed by atoms with Crippen molar-refractivity contribution in [2.75, 3.05) is 12.4 Å². The lowest BCUT2D eigenvalue weighted by molar-refractivity contribution is -0.160. The fourth-order valence-corrected chi connectivity index (χ4v) is 3.31. The lowest BCUT2D eigenvalue weighted by atomic mass is 10.1. The molecule has 164 valence electrons. The Hall–Kier alpha value is -3.41. The zero-order chi connectivity index (χ0) is 22.7. The maximum absolute atomic E-state index is 12.8. The van der Waals surface area contributed by atoms with Gasteiger partial charge in [-0.05, 0) is 36.4 Å². The highest BCUT2D eigenvalue weighted by Crippen LogP contribution is 2.31. The van der Waals surface area contributed by atoms with Gasteiger partial charge >= 0.3 is 6.18 Å². The van der Waals surface area contributed by atoms with E-state index in [1.807, 2.05) is 0 Å². The molecule has 2 aromatic carbocycles. The molecule has 2 heterocycles. The third-order valence-electron chi connectivity index (χ3n) is 4.45. The van der Waals surface area contributed by atoms with Crippen LogP contribution in [0.4, 0.5) is 18.9 Å². The highest BCUT2D eigenvalue weighted by atomic mass is 32.2. The minimum atomic E-state index is -4.42. The number of nitrogens with zero attached hydrogens (tertiary/aromatic N) is 3. The summed E-state index contributed by atoms with van der Waals surface area (Å²) < 4.78 is 44.9. The van der Waals surface area contributed by atoms with Crippen LogP contribution >= 0.6 is 12.0 Å². The second-order valence-corrected chi connectivity index (χ2v) is 7.29. The number of fused-ring (bicyclic) bond motifs is 1. The molecule has 0 spiro atoms. The van der Waals surface area contributed by atoms with E-state index in [1.54, 1.807) is 28.7 Å². The molecule has 0 saturated heterocycles. The number of nitrogens with one attached hydrogen (secondary N) is 1. The van der Waals surface area contributed by atoms with Gasteiger partial charge < -0.3 is 5.32 Å². The number of halogens is 3. The van der Waals surface area contributed by atoms with Crippen LogP contribution in [0.1, 0.15) is 16.1 Å². The fourth-order valence-electron chi connectivity index (χ4n) is 2.91. The van der Waals surface area contributed by atoms with E-state index < -0.39 is 17.6 Å². The molecule has 0 bridgehead atoms. The molecular formula is C21H15F3N4O3S. The number of carbonyl (C=O) groups is 1. The van der Waals surface area contributed by atoms with Crippen LogP contribution in [0.5, 0.6) is 0 Å². The first-order chi connectivity index (χ1) is 15.3. The van der Waals surface area contributed by atoms with Crippen molar-refractivity contribution in [2.24, 2.45) is 0 Å². The Bertz CT molecular complexity index is 1240. The van der Waals surface area contributed by atoms with Gasteiger partial charge in [0.1, 0.15) is 5.69 Å². The number of alkyl halides is 3. The minimum absolute atomic E-state index is 0.116. The lowest BCUT2D eigenvalue weighted by Crippen LogP contribution is -2.14. The topological polar surface area (TPSA) is 77.8 Å². The Morgan fingerprint density at radius 1 is 1.03 bits per heavy atom. The van der Waals surface area contributed by atoms with Gasteiger partial charge in [0.25, 0.3) is 5.91 Å². The molecule has 11 heteroatoms. The van der Waals surface area contributed by atoms with Gasteiger partial charge in [0, 0.05) is 22.3 Å². The van der Waals surface area contributed by atoms with Crippen LogP contribution in [0, 0.1) is 0 Å². The van der Waals surface area contributed by atoms with Gasteiger partial charge in [0.05, 0.1) is 42.8 Å². The van der Waals surface area contributed by atoms with Gasteiger partial charge in [-0.25, -0.2) is 14.9 Å². The van der Waals surface area contributed by atoms with Gasteiger partial charge in [-0.3, -0.25) is 9.20 Å². The Morgan fingerprint density at radius 2 is 1.75 bits per heavy atom. The van der Waals surface area contributed by atoms with Crippen molar-refractivity contribution in [3.05, 3.63) is 78.4 Å². The number of hydrogen-bond donors (Lipinski definition) is 1. The SMILES string of the molecule is COOSc1ccc(NC(=O)c2cn3c(-c4ccc(C(F)(F)F)cc4)cnc3cn2)cc1. The molecule has 0 aliphatic carbocycles. The lowest BCUT2D eigenvalue weighted by Gasteiger charge is -2.09.